The lowest BCUT2D eigenvalue weighted by atomic mass is 9.83. The molecule has 1 aromatic heterocycles. The number of aliphatic carboxylic acids is 1. The zero-order chi connectivity index (χ0) is 19.8. The monoisotopic (exact) mass is 374 g/mol. The number of carboxylic acids is 1. The van der Waals surface area contributed by atoms with E-state index in [-0.39, 0.29) is 5.92 Å². The minimum Gasteiger partial charge on any atom is -0.481 e. The standard InChI is InChI=1S/C19H30N6O2/c1-5-7-16(19(26)27)17(18-20-22-23-21-18)13-14-8-6-9-15(12-14)25(4)11-10-24(2)3/h6,8-9,12,16-17H,5,7,10-11,13H2,1-4H3,(H,26,27)(H,20,21,22,23)/t16-,17-/m0/s1. The van der Waals surface area contributed by atoms with Crippen LogP contribution < -0.4 is 4.90 Å². The van der Waals surface area contributed by atoms with Crippen LogP contribution in [0.4, 0.5) is 5.69 Å². The van der Waals surface area contributed by atoms with Crippen LogP contribution in [0.15, 0.2) is 24.3 Å². The summed E-state index contributed by atoms with van der Waals surface area (Å²) < 4.78 is 0. The number of nitrogens with one attached hydrogen (secondary N) is 1. The van der Waals surface area contributed by atoms with Crippen molar-refractivity contribution in [1.82, 2.24) is 25.5 Å². The number of aromatic amines is 1. The summed E-state index contributed by atoms with van der Waals surface area (Å²) in [6.07, 6.45) is 1.93. The number of carbonyl (C=O) groups is 1. The van der Waals surface area contributed by atoms with Gasteiger partial charge in [-0.25, -0.2) is 0 Å². The number of H-pyrrole nitrogens is 1. The molecule has 0 saturated carbocycles. The molecule has 1 heterocycles. The van der Waals surface area contributed by atoms with Gasteiger partial charge >= 0.3 is 5.97 Å². The van der Waals surface area contributed by atoms with Crippen molar-refractivity contribution in [1.29, 1.82) is 0 Å². The van der Waals surface area contributed by atoms with Gasteiger partial charge in [0.1, 0.15) is 0 Å². The number of hydrogen-bond acceptors (Lipinski definition) is 6. The number of carboxylic acid groups (broad SMARTS) is 1. The number of anilines is 1. The molecule has 0 aliphatic carbocycles. The van der Waals surface area contributed by atoms with Gasteiger partial charge in [-0.05, 0) is 44.6 Å². The van der Waals surface area contributed by atoms with Gasteiger partial charge in [0.2, 0.25) is 0 Å². The smallest absolute Gasteiger partial charge is 0.307 e. The number of hydrogen-bond donors (Lipinski definition) is 2. The third kappa shape index (κ3) is 6.02. The highest BCUT2D eigenvalue weighted by atomic mass is 16.4. The number of rotatable bonds is 11. The van der Waals surface area contributed by atoms with Crippen LogP contribution in [-0.4, -0.2) is 70.8 Å². The number of likely N-dealkylation sites (N-methyl/N-ethyl adjacent to an activating group) is 2. The number of nitrogens with zero attached hydrogens (tertiary/aromatic N) is 5. The Hall–Kier alpha value is -2.48. The zero-order valence-corrected chi connectivity index (χ0v) is 16.6. The fraction of sp³-hybridized carbons (Fsp3) is 0.579. The molecule has 8 nitrogen and oxygen atoms in total. The van der Waals surface area contributed by atoms with Crippen molar-refractivity contribution in [3.63, 3.8) is 0 Å². The van der Waals surface area contributed by atoms with Gasteiger partial charge in [-0.3, -0.25) is 4.79 Å². The van der Waals surface area contributed by atoms with E-state index >= 15 is 0 Å². The second kappa shape index (κ2) is 10.0. The third-order valence-corrected chi connectivity index (χ3v) is 4.79. The first kappa shape index (κ1) is 20.8. The molecule has 0 fully saturated rings. The van der Waals surface area contributed by atoms with Crippen LogP contribution in [0, 0.1) is 5.92 Å². The topological polar surface area (TPSA) is 98.2 Å². The highest BCUT2D eigenvalue weighted by molar-refractivity contribution is 5.71. The van der Waals surface area contributed by atoms with Gasteiger partial charge in [-0.1, -0.05) is 30.7 Å². The molecule has 27 heavy (non-hydrogen) atoms. The van der Waals surface area contributed by atoms with E-state index < -0.39 is 11.9 Å². The molecule has 2 rings (SSSR count). The Morgan fingerprint density at radius 2 is 2.04 bits per heavy atom. The molecule has 0 radical (unpaired) electrons. The van der Waals surface area contributed by atoms with E-state index in [1.165, 1.54) is 0 Å². The van der Waals surface area contributed by atoms with Crippen LogP contribution in [0.2, 0.25) is 0 Å². The zero-order valence-electron chi connectivity index (χ0n) is 16.6. The number of tetrazole rings is 1. The SMILES string of the molecule is CCC[C@H](C(=O)O)[C@H](Cc1cccc(N(C)CCN(C)C)c1)c1nn[nH]n1. The maximum absolute atomic E-state index is 11.8. The lowest BCUT2D eigenvalue weighted by molar-refractivity contribution is -0.142. The van der Waals surface area contributed by atoms with Crippen LogP contribution in [0.3, 0.4) is 0 Å². The van der Waals surface area contributed by atoms with Gasteiger partial charge in [0.25, 0.3) is 0 Å². The summed E-state index contributed by atoms with van der Waals surface area (Å²) in [5.41, 5.74) is 2.19. The van der Waals surface area contributed by atoms with E-state index in [9.17, 15) is 9.90 Å². The second-order valence-corrected chi connectivity index (χ2v) is 7.21. The molecular formula is C19H30N6O2. The quantitative estimate of drug-likeness (QED) is 0.621. The predicted octanol–water partition coefficient (Wildman–Crippen LogP) is 2.02. The van der Waals surface area contributed by atoms with E-state index in [2.05, 4.69) is 63.7 Å². The van der Waals surface area contributed by atoms with Gasteiger partial charge < -0.3 is 14.9 Å². The Balaban J connectivity index is 2.22. The maximum Gasteiger partial charge on any atom is 0.307 e. The van der Waals surface area contributed by atoms with Crippen molar-refractivity contribution in [2.75, 3.05) is 39.1 Å². The highest BCUT2D eigenvalue weighted by Gasteiger charge is 2.32. The molecule has 0 bridgehead atoms. The summed E-state index contributed by atoms with van der Waals surface area (Å²) >= 11 is 0. The van der Waals surface area contributed by atoms with E-state index in [1.807, 2.05) is 19.1 Å². The average Bonchev–Trinajstić information content (AvgIpc) is 3.17. The Bertz CT molecular complexity index is 704. The van der Waals surface area contributed by atoms with Crippen LogP contribution in [0.25, 0.3) is 0 Å². The molecule has 8 heteroatoms. The van der Waals surface area contributed by atoms with Crippen molar-refractivity contribution in [2.45, 2.75) is 32.1 Å². The molecule has 1 aromatic carbocycles. The summed E-state index contributed by atoms with van der Waals surface area (Å²) in [6, 6.07) is 8.23. The highest BCUT2D eigenvalue weighted by Crippen LogP contribution is 2.30. The predicted molar refractivity (Wildman–Crippen MR) is 105 cm³/mol. The Kier molecular flexibility index (Phi) is 7.72. The second-order valence-electron chi connectivity index (χ2n) is 7.21. The summed E-state index contributed by atoms with van der Waals surface area (Å²) in [5, 5.41) is 24.0. The summed E-state index contributed by atoms with van der Waals surface area (Å²) in [4.78, 5) is 16.2. The number of benzene rings is 1. The van der Waals surface area contributed by atoms with Gasteiger partial charge in [0.05, 0.1) is 5.92 Å². The first-order valence-corrected chi connectivity index (χ1v) is 9.33. The average molecular weight is 374 g/mol. The molecule has 0 aliphatic rings. The van der Waals surface area contributed by atoms with Crippen molar-refractivity contribution in [2.24, 2.45) is 5.92 Å². The minimum atomic E-state index is -0.814. The largest absolute Gasteiger partial charge is 0.481 e. The number of aromatic nitrogens is 4. The van der Waals surface area contributed by atoms with Crippen LogP contribution >= 0.6 is 0 Å². The molecule has 0 aliphatic heterocycles. The van der Waals surface area contributed by atoms with E-state index in [0.717, 1.165) is 30.8 Å². The lowest BCUT2D eigenvalue weighted by Gasteiger charge is -2.24. The van der Waals surface area contributed by atoms with Gasteiger partial charge in [-0.15, -0.1) is 10.2 Å². The fourth-order valence-corrected chi connectivity index (χ4v) is 3.20. The molecule has 0 saturated heterocycles. The minimum absolute atomic E-state index is 0.316. The molecular weight excluding hydrogens is 344 g/mol. The van der Waals surface area contributed by atoms with Crippen molar-refractivity contribution >= 4 is 11.7 Å². The Labute approximate surface area is 160 Å². The molecule has 0 spiro atoms. The first-order chi connectivity index (χ1) is 12.9. The van der Waals surface area contributed by atoms with Crippen LogP contribution in [-0.2, 0) is 11.2 Å². The van der Waals surface area contributed by atoms with Crippen molar-refractivity contribution < 1.29 is 9.90 Å². The summed E-state index contributed by atoms with van der Waals surface area (Å²) in [5.74, 6) is -1.21. The van der Waals surface area contributed by atoms with Gasteiger partial charge in [0.15, 0.2) is 5.82 Å². The summed E-state index contributed by atoms with van der Waals surface area (Å²) in [6.45, 7) is 3.87. The van der Waals surface area contributed by atoms with Crippen LogP contribution in [0.5, 0.6) is 0 Å². The first-order valence-electron chi connectivity index (χ1n) is 9.33. The maximum atomic E-state index is 11.8. The fourth-order valence-electron chi connectivity index (χ4n) is 3.20. The molecule has 0 amide bonds. The molecule has 0 unspecified atom stereocenters. The van der Waals surface area contributed by atoms with E-state index in [4.69, 9.17) is 0 Å². The molecule has 148 valence electrons. The lowest BCUT2D eigenvalue weighted by Crippen LogP contribution is -2.28. The normalized spacial score (nSPS) is 13.5. The molecule has 2 N–H and O–H groups in total. The van der Waals surface area contributed by atoms with Crippen molar-refractivity contribution in [3.05, 3.63) is 35.7 Å². The molecule has 2 atom stereocenters. The Morgan fingerprint density at radius 1 is 1.26 bits per heavy atom. The Morgan fingerprint density at radius 3 is 2.63 bits per heavy atom. The van der Waals surface area contributed by atoms with Gasteiger partial charge in [-0.2, -0.15) is 5.21 Å². The van der Waals surface area contributed by atoms with Gasteiger partial charge in [0, 0.05) is 31.7 Å². The third-order valence-electron chi connectivity index (χ3n) is 4.79. The van der Waals surface area contributed by atoms with Crippen molar-refractivity contribution in [3.8, 4) is 0 Å². The van der Waals surface area contributed by atoms with Crippen LogP contribution in [0.1, 0.15) is 37.1 Å². The molecule has 2 aromatic rings. The summed E-state index contributed by atoms with van der Waals surface area (Å²) in [7, 11) is 6.18. The van der Waals surface area contributed by atoms with E-state index in [1.54, 1.807) is 0 Å². The van der Waals surface area contributed by atoms with E-state index in [0.29, 0.717) is 18.7 Å².